The summed E-state index contributed by atoms with van der Waals surface area (Å²) in [5.74, 6) is 1.76. The molecule has 0 aliphatic carbocycles. The summed E-state index contributed by atoms with van der Waals surface area (Å²) in [5.41, 5.74) is 3.84. The third kappa shape index (κ3) is 6.15. The molecule has 0 atom stereocenters. The smallest absolute Gasteiger partial charge is 0.261 e. The second-order valence-electron chi connectivity index (χ2n) is 8.85. The van der Waals surface area contributed by atoms with Crippen molar-refractivity contribution >= 4 is 22.5 Å². The first-order valence-electron chi connectivity index (χ1n) is 12.2. The average molecular weight is 522 g/mol. The number of fused-ring (bicyclic) bond motifs is 1. The van der Waals surface area contributed by atoms with Crippen LogP contribution in [-0.2, 0) is 17.9 Å². The van der Waals surface area contributed by atoms with Gasteiger partial charge in [-0.05, 0) is 60.2 Å². The molecule has 0 radical (unpaired) electrons. The van der Waals surface area contributed by atoms with Crippen molar-refractivity contribution in [2.24, 2.45) is 0 Å². The predicted octanol–water partition coefficient (Wildman–Crippen LogP) is 6.29. The topological polar surface area (TPSA) is 82.4 Å². The van der Waals surface area contributed by atoms with E-state index in [9.17, 15) is 9.59 Å². The number of hydrogen-bond acceptors (Lipinski definition) is 5. The van der Waals surface area contributed by atoms with Gasteiger partial charge < -0.3 is 14.8 Å². The lowest BCUT2D eigenvalue weighted by Gasteiger charge is -2.16. The summed E-state index contributed by atoms with van der Waals surface area (Å²) in [7, 11) is 1.61. The van der Waals surface area contributed by atoms with Gasteiger partial charge >= 0.3 is 0 Å². The van der Waals surface area contributed by atoms with Crippen molar-refractivity contribution in [1.82, 2.24) is 9.55 Å². The lowest BCUT2D eigenvalue weighted by atomic mass is 10.1. The Hall–Kier alpha value is -4.91. The van der Waals surface area contributed by atoms with E-state index in [1.54, 1.807) is 42.0 Å². The maximum absolute atomic E-state index is 13.6. The zero-order valence-electron chi connectivity index (χ0n) is 21.2. The third-order valence-electron chi connectivity index (χ3n) is 6.15. The minimum absolute atomic E-state index is 0. The highest BCUT2D eigenvalue weighted by Gasteiger charge is 2.15. The standard InChI is InChI=1S/C31H27N3O4.CH4/c1-21(35)32-25-13-15-26(16-14-25)38-20-24-18-23(12-17-29(24)37-2)30-33-28-11-7-6-10-27(28)31(36)34(30)19-22-8-4-3-5-9-22;/h3-18H,19-20H2,1-2H3,(H,32,35);1H4. The van der Waals surface area contributed by atoms with Gasteiger partial charge in [-0.25, -0.2) is 4.98 Å². The summed E-state index contributed by atoms with van der Waals surface area (Å²) < 4.78 is 13.3. The molecule has 0 bridgehead atoms. The highest BCUT2D eigenvalue weighted by atomic mass is 16.5. The molecule has 1 N–H and O–H groups in total. The van der Waals surface area contributed by atoms with Crippen molar-refractivity contribution in [2.45, 2.75) is 27.5 Å². The highest BCUT2D eigenvalue weighted by Crippen LogP contribution is 2.28. The summed E-state index contributed by atoms with van der Waals surface area (Å²) in [5, 5.41) is 3.32. The molecule has 0 aliphatic heterocycles. The fourth-order valence-electron chi connectivity index (χ4n) is 4.33. The van der Waals surface area contributed by atoms with Gasteiger partial charge in [-0.2, -0.15) is 0 Å². The van der Waals surface area contributed by atoms with Gasteiger partial charge in [-0.15, -0.1) is 0 Å². The van der Waals surface area contributed by atoms with E-state index in [0.29, 0.717) is 40.5 Å². The predicted molar refractivity (Wildman–Crippen MR) is 155 cm³/mol. The number of methoxy groups -OCH3 is 1. The van der Waals surface area contributed by atoms with Crippen LogP contribution in [0.25, 0.3) is 22.3 Å². The van der Waals surface area contributed by atoms with Gasteiger partial charge in [0, 0.05) is 23.7 Å². The van der Waals surface area contributed by atoms with Crippen molar-refractivity contribution < 1.29 is 14.3 Å². The number of aromatic nitrogens is 2. The number of ether oxygens (including phenoxy) is 2. The first-order valence-corrected chi connectivity index (χ1v) is 12.2. The van der Waals surface area contributed by atoms with Crippen LogP contribution >= 0.6 is 0 Å². The van der Waals surface area contributed by atoms with E-state index in [4.69, 9.17) is 14.5 Å². The lowest BCUT2D eigenvalue weighted by Crippen LogP contribution is -2.24. The summed E-state index contributed by atoms with van der Waals surface area (Å²) in [6, 6.07) is 30.1. The Balaban J connectivity index is 0.00000353. The molecular formula is C32H31N3O4. The summed E-state index contributed by atoms with van der Waals surface area (Å²) in [4.78, 5) is 29.8. The average Bonchev–Trinajstić information content (AvgIpc) is 2.94. The number of amides is 1. The Kier molecular flexibility index (Phi) is 8.41. The van der Waals surface area contributed by atoms with Crippen molar-refractivity contribution in [2.75, 3.05) is 12.4 Å². The van der Waals surface area contributed by atoms with Crippen molar-refractivity contribution in [3.8, 4) is 22.9 Å². The lowest BCUT2D eigenvalue weighted by molar-refractivity contribution is -0.114. The molecule has 39 heavy (non-hydrogen) atoms. The minimum Gasteiger partial charge on any atom is -0.496 e. The third-order valence-corrected chi connectivity index (χ3v) is 6.15. The number of nitrogens with one attached hydrogen (secondary N) is 1. The van der Waals surface area contributed by atoms with Crippen LogP contribution in [-0.4, -0.2) is 22.6 Å². The van der Waals surface area contributed by atoms with Crippen LogP contribution in [0.15, 0.2) is 102 Å². The monoisotopic (exact) mass is 521 g/mol. The summed E-state index contributed by atoms with van der Waals surface area (Å²) >= 11 is 0. The molecule has 0 saturated heterocycles. The fourth-order valence-corrected chi connectivity index (χ4v) is 4.33. The second-order valence-corrected chi connectivity index (χ2v) is 8.85. The molecule has 1 aromatic heterocycles. The van der Waals surface area contributed by atoms with Gasteiger partial charge in [0.15, 0.2) is 0 Å². The number of nitrogens with zero attached hydrogens (tertiary/aromatic N) is 2. The van der Waals surface area contributed by atoms with Gasteiger partial charge in [0.2, 0.25) is 5.91 Å². The Morgan fingerprint density at radius 1 is 0.923 bits per heavy atom. The molecular weight excluding hydrogens is 490 g/mol. The Morgan fingerprint density at radius 3 is 2.36 bits per heavy atom. The molecule has 198 valence electrons. The van der Waals surface area contributed by atoms with Gasteiger partial charge in [0.25, 0.3) is 5.56 Å². The SMILES string of the molecule is C.COc1ccc(-c2nc3ccccc3c(=O)n2Cc2ccccc2)cc1COc1ccc(NC(C)=O)cc1. The van der Waals surface area contributed by atoms with E-state index in [2.05, 4.69) is 5.32 Å². The zero-order valence-corrected chi connectivity index (χ0v) is 21.2. The molecule has 0 spiro atoms. The van der Waals surface area contributed by atoms with Crippen molar-refractivity contribution in [1.29, 1.82) is 0 Å². The first-order chi connectivity index (χ1) is 18.5. The normalized spacial score (nSPS) is 10.5. The van der Waals surface area contributed by atoms with Gasteiger partial charge in [0.1, 0.15) is 23.9 Å². The molecule has 5 rings (SSSR count). The summed E-state index contributed by atoms with van der Waals surface area (Å²) in [6.07, 6.45) is 0. The zero-order chi connectivity index (χ0) is 26.5. The second kappa shape index (κ2) is 12.1. The first kappa shape index (κ1) is 27.1. The highest BCUT2D eigenvalue weighted by molar-refractivity contribution is 5.88. The van der Waals surface area contributed by atoms with Crippen LogP contribution in [0.5, 0.6) is 11.5 Å². The van der Waals surface area contributed by atoms with Gasteiger partial charge in [0.05, 0.1) is 24.6 Å². The van der Waals surface area contributed by atoms with E-state index in [1.807, 2.05) is 66.7 Å². The van der Waals surface area contributed by atoms with Crippen molar-refractivity contribution in [3.05, 3.63) is 119 Å². The number of anilines is 1. The van der Waals surface area contributed by atoms with Gasteiger partial charge in [-0.1, -0.05) is 49.9 Å². The largest absolute Gasteiger partial charge is 0.496 e. The van der Waals surface area contributed by atoms with E-state index < -0.39 is 0 Å². The number of para-hydroxylation sites is 1. The number of carbonyl (C=O) groups is 1. The van der Waals surface area contributed by atoms with Crippen LogP contribution < -0.4 is 20.3 Å². The fraction of sp³-hybridized carbons (Fsp3) is 0.156. The number of hydrogen-bond donors (Lipinski definition) is 1. The Labute approximate surface area is 227 Å². The number of rotatable bonds is 8. The Bertz CT molecular complexity index is 1640. The number of carbonyl (C=O) groups excluding carboxylic acids is 1. The Morgan fingerprint density at radius 2 is 1.64 bits per heavy atom. The van der Waals surface area contributed by atoms with Crippen LogP contribution in [0.4, 0.5) is 5.69 Å². The van der Waals surface area contributed by atoms with Crippen molar-refractivity contribution in [3.63, 3.8) is 0 Å². The van der Waals surface area contributed by atoms with E-state index in [-0.39, 0.29) is 25.5 Å². The molecule has 7 heteroatoms. The van der Waals surface area contributed by atoms with E-state index >= 15 is 0 Å². The van der Waals surface area contributed by atoms with Crippen LogP contribution in [0.2, 0.25) is 0 Å². The maximum atomic E-state index is 13.6. The molecule has 4 aromatic carbocycles. The molecule has 1 amide bonds. The van der Waals surface area contributed by atoms with E-state index in [0.717, 1.165) is 16.7 Å². The van der Waals surface area contributed by atoms with Crippen LogP contribution in [0, 0.1) is 0 Å². The molecule has 1 heterocycles. The maximum Gasteiger partial charge on any atom is 0.261 e. The molecule has 0 fully saturated rings. The molecule has 0 aliphatic rings. The quantitative estimate of drug-likeness (QED) is 0.259. The number of benzene rings is 4. The van der Waals surface area contributed by atoms with E-state index in [1.165, 1.54) is 6.92 Å². The van der Waals surface area contributed by atoms with Crippen LogP contribution in [0.1, 0.15) is 25.5 Å². The van der Waals surface area contributed by atoms with Crippen LogP contribution in [0.3, 0.4) is 0 Å². The van der Waals surface area contributed by atoms with Gasteiger partial charge in [-0.3, -0.25) is 14.2 Å². The molecule has 0 saturated carbocycles. The minimum atomic E-state index is -0.131. The molecule has 5 aromatic rings. The molecule has 7 nitrogen and oxygen atoms in total. The molecule has 0 unspecified atom stereocenters. The summed E-state index contributed by atoms with van der Waals surface area (Å²) in [6.45, 7) is 2.10.